The van der Waals surface area contributed by atoms with Crippen molar-refractivity contribution in [2.24, 2.45) is 41.1 Å². The van der Waals surface area contributed by atoms with Crippen molar-refractivity contribution in [1.29, 1.82) is 0 Å². The van der Waals surface area contributed by atoms with Crippen LogP contribution in [0.25, 0.3) is 0 Å². The molecule has 0 aromatic heterocycles. The minimum Gasteiger partial charge on any atom is -0.480 e. The van der Waals surface area contributed by atoms with Crippen molar-refractivity contribution in [2.45, 2.75) is 174 Å². The average molecular weight is 1110 g/mol. The van der Waals surface area contributed by atoms with E-state index in [0.29, 0.717) is 70.3 Å². The van der Waals surface area contributed by atoms with Gasteiger partial charge < -0.3 is 62.4 Å². The number of hydrogen-bond acceptors (Lipinski definition) is 12. The molecular weight excluding hydrogens is 1010 g/mol. The van der Waals surface area contributed by atoms with Gasteiger partial charge in [-0.15, -0.1) is 0 Å². The van der Waals surface area contributed by atoms with E-state index in [1.807, 2.05) is 96.8 Å². The minimum atomic E-state index is -1.16. The molecule has 1 aromatic rings. The number of carbonyl (C=O) groups is 8. The molecule has 0 spiro atoms. The van der Waals surface area contributed by atoms with Crippen LogP contribution in [0.3, 0.4) is 0 Å². The summed E-state index contributed by atoms with van der Waals surface area (Å²) in [6.07, 6.45) is 9.80. The lowest BCUT2D eigenvalue weighted by Crippen LogP contribution is -2.57. The molecule has 0 bridgehead atoms. The van der Waals surface area contributed by atoms with E-state index in [0.717, 1.165) is 12.0 Å². The summed E-state index contributed by atoms with van der Waals surface area (Å²) in [5.74, 6) is -4.29. The average Bonchev–Trinajstić information content (AvgIpc) is 3.92. The molecule has 1 aliphatic heterocycles. The van der Waals surface area contributed by atoms with Gasteiger partial charge in [-0.3, -0.25) is 33.7 Å². The predicted molar refractivity (Wildman–Crippen MR) is 304 cm³/mol. The number of primary amides is 1. The Labute approximate surface area is 469 Å². The maximum atomic E-state index is 14.5. The van der Waals surface area contributed by atoms with Crippen LogP contribution in [-0.4, -0.2) is 170 Å². The highest BCUT2D eigenvalue weighted by molar-refractivity contribution is 5.91. The lowest BCUT2D eigenvalue weighted by Gasteiger charge is -2.41. The third-order valence-electron chi connectivity index (χ3n) is 15.5. The molecule has 0 radical (unpaired) electrons. The highest BCUT2D eigenvalue weighted by Crippen LogP contribution is 2.30. The van der Waals surface area contributed by atoms with Gasteiger partial charge in [0.15, 0.2) is 0 Å². The van der Waals surface area contributed by atoms with Crippen LogP contribution in [0.4, 0.5) is 4.79 Å². The Balaban J connectivity index is 1.67. The fourth-order valence-corrected chi connectivity index (χ4v) is 10.6. The molecule has 0 saturated carbocycles. The van der Waals surface area contributed by atoms with Crippen LogP contribution in [0.15, 0.2) is 54.3 Å². The van der Waals surface area contributed by atoms with E-state index in [9.17, 15) is 43.5 Å². The zero-order valence-electron chi connectivity index (χ0n) is 49.0. The van der Waals surface area contributed by atoms with Gasteiger partial charge in [-0.2, -0.15) is 0 Å². The first-order chi connectivity index (χ1) is 37.5. The highest BCUT2D eigenvalue weighted by atomic mass is 16.5. The number of methoxy groups -OCH3 is 2. The Morgan fingerprint density at radius 1 is 0.848 bits per heavy atom. The summed E-state index contributed by atoms with van der Waals surface area (Å²) >= 11 is 0. The quantitative estimate of drug-likeness (QED) is 0.0449. The van der Waals surface area contributed by atoms with Crippen molar-refractivity contribution in [3.05, 3.63) is 59.8 Å². The third-order valence-corrected chi connectivity index (χ3v) is 15.5. The van der Waals surface area contributed by atoms with Crippen molar-refractivity contribution >= 4 is 47.4 Å². The number of likely N-dealkylation sites (N-methyl/N-ethyl adjacent to an activating group) is 1. The van der Waals surface area contributed by atoms with E-state index in [-0.39, 0.29) is 73.7 Å². The molecule has 21 heteroatoms. The van der Waals surface area contributed by atoms with Crippen molar-refractivity contribution in [3.8, 4) is 0 Å². The topological polar surface area (TPSA) is 297 Å². The van der Waals surface area contributed by atoms with Crippen LogP contribution in [0, 0.1) is 29.6 Å². The van der Waals surface area contributed by atoms with E-state index < -0.39 is 84.1 Å². The molecule has 444 valence electrons. The number of unbranched alkanes of at least 4 members (excludes halogenated alkanes) is 1. The second kappa shape index (κ2) is 34.3. The molecule has 11 atom stereocenters. The maximum absolute atomic E-state index is 14.5. The number of nitrogens with one attached hydrogen (secondary N) is 5. The van der Waals surface area contributed by atoms with E-state index in [2.05, 4.69) is 26.6 Å². The number of allylic oxidation sites excluding steroid dienone is 3. The standard InChI is InChI=1S/C58H96N10O11/c1-12-14-30-68(51(38(7)13-2)46(78-10)34-47(69)67-31-19-23-45(67)52(79-11)39(8)53(71)65-44(57(75)76)33-41-20-16-15-17-21-41)48(70)35-62-56(74)50(37(5)6)66(9)32-28-40-24-26-42(27-25-40)63-54(72)43(22-18-29-61-58(60)77)64-55(73)49(59)36(3)4/h15-17,20-21,24,26-27,36-40,43-46,49-52H,12-14,18-19,22-23,25,28-35,59H2,1-11H3,(H,62,74)(H,63,72)(H,64,73)(H,65,71)(H,75,76)(H3,60,61,77)/t38-,39+,40?,43-,44-,45-,46+,49?,50-,51-,52+/m0/s1. The van der Waals surface area contributed by atoms with E-state index in [1.165, 1.54) is 7.11 Å². The smallest absolute Gasteiger partial charge is 0.326 e. The largest absolute Gasteiger partial charge is 0.480 e. The molecule has 3 rings (SSSR count). The minimum absolute atomic E-state index is 0.0469. The summed E-state index contributed by atoms with van der Waals surface area (Å²) in [6, 6.07) is 4.01. The summed E-state index contributed by atoms with van der Waals surface area (Å²) in [7, 11) is 4.92. The van der Waals surface area contributed by atoms with Crippen LogP contribution in [0.5, 0.6) is 0 Å². The second-order valence-electron chi connectivity index (χ2n) is 22.1. The first-order valence-corrected chi connectivity index (χ1v) is 28.5. The molecule has 1 saturated heterocycles. The number of hydrogen-bond donors (Lipinski definition) is 8. The first kappa shape index (κ1) is 67.4. The van der Waals surface area contributed by atoms with E-state index in [4.69, 9.17) is 20.9 Å². The third kappa shape index (κ3) is 21.3. The molecule has 79 heavy (non-hydrogen) atoms. The van der Waals surface area contributed by atoms with Gasteiger partial charge in [-0.05, 0) is 93.8 Å². The second-order valence-corrected chi connectivity index (χ2v) is 22.1. The Hall–Kier alpha value is -5.90. The zero-order valence-corrected chi connectivity index (χ0v) is 49.0. The summed E-state index contributed by atoms with van der Waals surface area (Å²) in [6.45, 7) is 16.7. The molecule has 1 fully saturated rings. The van der Waals surface area contributed by atoms with E-state index in [1.54, 1.807) is 36.0 Å². The molecule has 2 unspecified atom stereocenters. The van der Waals surface area contributed by atoms with Gasteiger partial charge >= 0.3 is 12.0 Å². The van der Waals surface area contributed by atoms with Crippen molar-refractivity contribution < 1.29 is 52.9 Å². The number of urea groups is 1. The first-order valence-electron chi connectivity index (χ1n) is 28.5. The molecule has 1 aromatic carbocycles. The fraction of sp³-hybridized carbons (Fsp3) is 0.690. The summed E-state index contributed by atoms with van der Waals surface area (Å²) in [5.41, 5.74) is 12.6. The van der Waals surface area contributed by atoms with Gasteiger partial charge in [-0.1, -0.05) is 111 Å². The number of amides is 8. The number of carbonyl (C=O) groups excluding carboxylic acids is 7. The SMILES string of the molecule is CCCCN(C(=O)CNC(=O)[C@H](C(C)C)N(C)CCC1C=CC(NC(=O)[C@H](CCCNC(N)=O)NC(=O)C(N)C(C)C)=CC1)[C@@H]([C@@H](C)CC)[C@@H](CC(=O)N1CCC[C@H]1[C@H](OC)[C@@H](C)C(=O)N[C@@H](Cc1ccccc1)C(=O)O)OC. The van der Waals surface area contributed by atoms with Crippen molar-refractivity contribution in [1.82, 2.24) is 41.3 Å². The van der Waals surface area contributed by atoms with Gasteiger partial charge in [0.1, 0.15) is 12.1 Å². The molecule has 8 amide bonds. The van der Waals surface area contributed by atoms with Crippen LogP contribution in [0.1, 0.15) is 125 Å². The van der Waals surface area contributed by atoms with Crippen molar-refractivity contribution in [3.63, 3.8) is 0 Å². The number of likely N-dealkylation sites (tertiary alicyclic amines) is 1. The fourth-order valence-electron chi connectivity index (χ4n) is 10.6. The number of carboxylic acid groups (broad SMARTS) is 1. The maximum Gasteiger partial charge on any atom is 0.326 e. The number of ether oxygens (including phenoxy) is 2. The van der Waals surface area contributed by atoms with Crippen LogP contribution >= 0.6 is 0 Å². The normalized spacial score (nSPS) is 18.8. The molecule has 10 N–H and O–H groups in total. The highest BCUT2D eigenvalue weighted by Gasteiger charge is 2.43. The molecule has 21 nitrogen and oxygen atoms in total. The predicted octanol–water partition coefficient (Wildman–Crippen LogP) is 3.84. The Bertz CT molecular complexity index is 2190. The number of nitrogens with two attached hydrogens (primary N) is 2. The molecule has 1 heterocycles. The summed E-state index contributed by atoms with van der Waals surface area (Å²) in [5, 5.41) is 23.8. The molecular formula is C58H96N10O11. The Kier molecular flexibility index (Phi) is 29.2. The lowest BCUT2D eigenvalue weighted by atomic mass is 9.89. The van der Waals surface area contributed by atoms with Gasteiger partial charge in [-0.25, -0.2) is 9.59 Å². The number of benzene rings is 1. The lowest BCUT2D eigenvalue weighted by molar-refractivity contribution is -0.147. The molecule has 2 aliphatic rings. The van der Waals surface area contributed by atoms with Crippen LogP contribution in [0.2, 0.25) is 0 Å². The number of aliphatic carboxylic acids is 1. The Morgan fingerprint density at radius 2 is 1.53 bits per heavy atom. The van der Waals surface area contributed by atoms with Gasteiger partial charge in [0.2, 0.25) is 35.4 Å². The van der Waals surface area contributed by atoms with Crippen LogP contribution < -0.4 is 38.1 Å². The van der Waals surface area contributed by atoms with Crippen LogP contribution in [-0.2, 0) is 49.5 Å². The van der Waals surface area contributed by atoms with E-state index >= 15 is 0 Å². The van der Waals surface area contributed by atoms with Crippen molar-refractivity contribution in [2.75, 3.05) is 54.0 Å². The summed E-state index contributed by atoms with van der Waals surface area (Å²) < 4.78 is 12.1. The van der Waals surface area contributed by atoms with Gasteiger partial charge in [0.25, 0.3) is 0 Å². The number of nitrogens with zero attached hydrogens (tertiary/aromatic N) is 3. The number of carboxylic acids is 1. The monoisotopic (exact) mass is 1110 g/mol. The molecule has 1 aliphatic carbocycles. The van der Waals surface area contributed by atoms with Gasteiger partial charge in [0.05, 0.1) is 55.3 Å². The number of rotatable bonds is 35. The zero-order chi connectivity index (χ0) is 58.9. The Morgan fingerprint density at radius 3 is 2.10 bits per heavy atom. The van der Waals surface area contributed by atoms with Gasteiger partial charge in [0, 0.05) is 46.0 Å². The summed E-state index contributed by atoms with van der Waals surface area (Å²) in [4.78, 5) is 112.